The molecular weight excluding hydrogens is 290 g/mol. The van der Waals surface area contributed by atoms with Crippen LogP contribution in [0.15, 0.2) is 33.7 Å². The Morgan fingerprint density at radius 2 is 2.10 bits per heavy atom. The summed E-state index contributed by atoms with van der Waals surface area (Å²) in [5, 5.41) is 8.89. The molecule has 1 N–H and O–H groups in total. The molecule has 1 aromatic heterocycles. The fraction of sp³-hybridized carbons (Fsp3) is 0.286. The number of hydrogen-bond acceptors (Lipinski definition) is 5. The Balaban J connectivity index is 2.33. The van der Waals surface area contributed by atoms with Crippen LogP contribution < -0.4 is 4.72 Å². The summed E-state index contributed by atoms with van der Waals surface area (Å²) in [5.41, 5.74) is 0.859. The van der Waals surface area contributed by atoms with Crippen molar-refractivity contribution in [2.45, 2.75) is 31.7 Å². The normalized spacial score (nSPS) is 12.9. The first-order valence-corrected chi connectivity index (χ1v) is 7.77. The van der Waals surface area contributed by atoms with E-state index in [4.69, 9.17) is 9.68 Å². The number of aromatic nitrogens is 1. The summed E-state index contributed by atoms with van der Waals surface area (Å²) >= 11 is 0. The van der Waals surface area contributed by atoms with Gasteiger partial charge in [-0.2, -0.15) is 9.98 Å². The molecule has 1 heterocycles. The molecule has 2 aromatic rings. The van der Waals surface area contributed by atoms with Crippen molar-refractivity contribution in [1.82, 2.24) is 9.71 Å². The van der Waals surface area contributed by atoms with Gasteiger partial charge in [0.1, 0.15) is 5.76 Å². The fourth-order valence-corrected chi connectivity index (χ4v) is 3.35. The number of aryl methyl sites for hydroxylation is 2. The molecule has 6 nitrogen and oxygen atoms in total. The molecule has 2 rings (SSSR count). The molecule has 0 amide bonds. The van der Waals surface area contributed by atoms with Crippen molar-refractivity contribution in [3.8, 4) is 6.07 Å². The lowest BCUT2D eigenvalue weighted by Gasteiger charge is -2.13. The van der Waals surface area contributed by atoms with Crippen LogP contribution in [0.3, 0.4) is 0 Å². The monoisotopic (exact) mass is 305 g/mol. The highest BCUT2D eigenvalue weighted by Gasteiger charge is 2.23. The van der Waals surface area contributed by atoms with Gasteiger partial charge in [0.05, 0.1) is 28.8 Å². The highest BCUT2D eigenvalue weighted by atomic mass is 32.2. The van der Waals surface area contributed by atoms with Gasteiger partial charge in [0, 0.05) is 0 Å². The first kappa shape index (κ1) is 15.2. The summed E-state index contributed by atoms with van der Waals surface area (Å²) in [6, 6.07) is 5.86. The third kappa shape index (κ3) is 3.29. The molecule has 110 valence electrons. The van der Waals surface area contributed by atoms with Gasteiger partial charge in [-0.05, 0) is 38.5 Å². The minimum Gasteiger partial charge on any atom is -0.444 e. The molecule has 1 atom stereocenters. The Morgan fingerprint density at radius 1 is 1.38 bits per heavy atom. The summed E-state index contributed by atoms with van der Waals surface area (Å²) < 4.78 is 32.7. The van der Waals surface area contributed by atoms with Crippen molar-refractivity contribution in [1.29, 1.82) is 5.26 Å². The minimum absolute atomic E-state index is 0.0803. The molecule has 0 radical (unpaired) electrons. The maximum Gasteiger partial charge on any atom is 0.241 e. The first-order valence-electron chi connectivity index (χ1n) is 6.29. The predicted octanol–water partition coefficient (Wildman–Crippen LogP) is 2.20. The number of sulfonamides is 1. The van der Waals surface area contributed by atoms with Gasteiger partial charge in [0.2, 0.25) is 15.9 Å². The zero-order chi connectivity index (χ0) is 15.6. The highest BCUT2D eigenvalue weighted by molar-refractivity contribution is 7.89. The summed E-state index contributed by atoms with van der Waals surface area (Å²) in [6.07, 6.45) is 1.53. The van der Waals surface area contributed by atoms with Crippen LogP contribution in [0.5, 0.6) is 0 Å². The van der Waals surface area contributed by atoms with Crippen LogP contribution in [0, 0.1) is 25.2 Å². The van der Waals surface area contributed by atoms with Crippen molar-refractivity contribution >= 4 is 10.0 Å². The van der Waals surface area contributed by atoms with Crippen molar-refractivity contribution in [2.24, 2.45) is 0 Å². The summed E-state index contributed by atoms with van der Waals surface area (Å²) in [4.78, 5) is 4.08. The van der Waals surface area contributed by atoms with E-state index < -0.39 is 16.1 Å². The zero-order valence-corrected chi connectivity index (χ0v) is 12.7. The third-order valence-corrected chi connectivity index (χ3v) is 4.63. The Morgan fingerprint density at radius 3 is 2.67 bits per heavy atom. The number of hydrogen-bond donors (Lipinski definition) is 1. The average Bonchev–Trinajstić information content (AvgIpc) is 2.85. The Kier molecular flexibility index (Phi) is 4.11. The summed E-state index contributed by atoms with van der Waals surface area (Å²) in [5.74, 6) is 0.906. The highest BCUT2D eigenvalue weighted by Crippen LogP contribution is 2.20. The van der Waals surface area contributed by atoms with Crippen molar-refractivity contribution in [3.63, 3.8) is 0 Å². The van der Waals surface area contributed by atoms with Crippen LogP contribution in [0.1, 0.15) is 35.7 Å². The van der Waals surface area contributed by atoms with Crippen molar-refractivity contribution in [2.75, 3.05) is 0 Å². The van der Waals surface area contributed by atoms with Crippen molar-refractivity contribution < 1.29 is 12.8 Å². The maximum atomic E-state index is 12.4. The third-order valence-electron chi connectivity index (χ3n) is 2.95. The minimum atomic E-state index is -3.76. The number of benzene rings is 1. The van der Waals surface area contributed by atoms with Gasteiger partial charge in [0.25, 0.3) is 0 Å². The van der Waals surface area contributed by atoms with E-state index in [0.29, 0.717) is 22.8 Å². The van der Waals surface area contributed by atoms with E-state index in [1.54, 1.807) is 32.9 Å². The van der Waals surface area contributed by atoms with Crippen LogP contribution in [-0.4, -0.2) is 13.4 Å². The number of nitrogens with one attached hydrogen (secondary N) is 1. The lowest BCUT2D eigenvalue weighted by Crippen LogP contribution is -2.27. The van der Waals surface area contributed by atoms with Gasteiger partial charge >= 0.3 is 0 Å². The number of nitrogens with zero attached hydrogens (tertiary/aromatic N) is 2. The van der Waals surface area contributed by atoms with Gasteiger partial charge in [0.15, 0.2) is 0 Å². The number of nitriles is 1. The number of oxazole rings is 1. The second kappa shape index (κ2) is 5.68. The lowest BCUT2D eigenvalue weighted by atomic mass is 10.2. The standard InChI is InChI=1S/C14H15N3O3S/c1-9-4-5-12(7-15)6-13(9)21(18,19)17-11(3)14-16-8-10(2)20-14/h4-6,8,11,17H,1-3H3. The molecular formula is C14H15N3O3S. The molecule has 0 aliphatic rings. The topological polar surface area (TPSA) is 96.0 Å². The molecule has 0 bridgehead atoms. The van der Waals surface area contributed by atoms with Crippen LogP contribution in [0.4, 0.5) is 0 Å². The largest absolute Gasteiger partial charge is 0.444 e. The van der Waals surface area contributed by atoms with E-state index in [-0.39, 0.29) is 4.90 Å². The van der Waals surface area contributed by atoms with E-state index in [0.717, 1.165) is 0 Å². The van der Waals surface area contributed by atoms with Gasteiger partial charge < -0.3 is 4.42 Å². The zero-order valence-electron chi connectivity index (χ0n) is 11.9. The molecule has 7 heteroatoms. The Hall–Kier alpha value is -2.17. The average molecular weight is 305 g/mol. The lowest BCUT2D eigenvalue weighted by molar-refractivity contribution is 0.427. The number of rotatable bonds is 4. The van der Waals surface area contributed by atoms with E-state index >= 15 is 0 Å². The Labute approximate surface area is 123 Å². The predicted molar refractivity (Wildman–Crippen MR) is 75.9 cm³/mol. The molecule has 0 fully saturated rings. The van der Waals surface area contributed by atoms with Gasteiger partial charge in [-0.3, -0.25) is 0 Å². The van der Waals surface area contributed by atoms with Crippen LogP contribution in [-0.2, 0) is 10.0 Å². The SMILES string of the molecule is Cc1cnc(C(C)NS(=O)(=O)c2cc(C#N)ccc2C)o1. The molecule has 0 spiro atoms. The smallest absolute Gasteiger partial charge is 0.241 e. The van der Waals surface area contributed by atoms with E-state index in [9.17, 15) is 8.42 Å². The van der Waals surface area contributed by atoms with Gasteiger partial charge in [-0.25, -0.2) is 13.4 Å². The molecule has 0 aliphatic heterocycles. The van der Waals surface area contributed by atoms with Crippen LogP contribution >= 0.6 is 0 Å². The van der Waals surface area contributed by atoms with E-state index in [1.807, 2.05) is 6.07 Å². The molecule has 1 unspecified atom stereocenters. The van der Waals surface area contributed by atoms with E-state index in [1.165, 1.54) is 12.3 Å². The molecule has 1 aromatic carbocycles. The van der Waals surface area contributed by atoms with Crippen LogP contribution in [0.25, 0.3) is 0 Å². The molecule has 21 heavy (non-hydrogen) atoms. The fourth-order valence-electron chi connectivity index (χ4n) is 1.88. The summed E-state index contributed by atoms with van der Waals surface area (Å²) in [6.45, 7) is 5.06. The van der Waals surface area contributed by atoms with Gasteiger partial charge in [-0.1, -0.05) is 6.07 Å². The molecule has 0 saturated heterocycles. The quantitative estimate of drug-likeness (QED) is 0.934. The van der Waals surface area contributed by atoms with Crippen LogP contribution in [0.2, 0.25) is 0 Å². The second-order valence-corrected chi connectivity index (χ2v) is 6.43. The van der Waals surface area contributed by atoms with E-state index in [2.05, 4.69) is 9.71 Å². The molecule has 0 saturated carbocycles. The second-order valence-electron chi connectivity index (χ2n) is 4.74. The summed E-state index contributed by atoms with van der Waals surface area (Å²) in [7, 11) is -3.76. The Bertz CT molecular complexity index is 803. The van der Waals surface area contributed by atoms with Gasteiger partial charge in [-0.15, -0.1) is 0 Å². The molecule has 0 aliphatic carbocycles. The van der Waals surface area contributed by atoms with Crippen molar-refractivity contribution in [3.05, 3.63) is 47.2 Å². The first-order chi connectivity index (χ1) is 9.83. The maximum absolute atomic E-state index is 12.4.